The van der Waals surface area contributed by atoms with Gasteiger partial charge in [0.15, 0.2) is 0 Å². The van der Waals surface area contributed by atoms with E-state index in [9.17, 15) is 19.2 Å². The maximum absolute atomic E-state index is 12.7. The number of carbonyl (C=O) groups excluding carboxylic acids is 4. The Kier molecular flexibility index (Phi) is 10.5. The molecular formula is C29H38N2O8. The lowest BCUT2D eigenvalue weighted by Crippen LogP contribution is -2.39. The topological polar surface area (TPSA) is 129 Å². The highest BCUT2D eigenvalue weighted by Gasteiger charge is 2.33. The van der Waals surface area contributed by atoms with Crippen molar-refractivity contribution in [3.8, 4) is 0 Å². The Morgan fingerprint density at radius 2 is 1.10 bits per heavy atom. The van der Waals surface area contributed by atoms with Crippen LogP contribution in [0, 0.1) is 6.92 Å². The summed E-state index contributed by atoms with van der Waals surface area (Å²) in [6.07, 6.45) is 2.24. The number of hydrogen-bond donors (Lipinski definition) is 2. The number of ether oxygens (including phenoxy) is 4. The molecule has 0 bridgehead atoms. The third kappa shape index (κ3) is 8.87. The molecule has 1 aromatic carbocycles. The van der Waals surface area contributed by atoms with Crippen LogP contribution in [0.3, 0.4) is 0 Å². The van der Waals surface area contributed by atoms with Crippen LogP contribution in [0.4, 0.5) is 21.0 Å². The Hall–Kier alpha value is -3.82. The van der Waals surface area contributed by atoms with Crippen LogP contribution in [0.2, 0.25) is 0 Å². The zero-order chi connectivity index (χ0) is 28.5. The van der Waals surface area contributed by atoms with Gasteiger partial charge in [0.2, 0.25) is 0 Å². The van der Waals surface area contributed by atoms with Gasteiger partial charge in [-0.3, -0.25) is 10.6 Å². The summed E-state index contributed by atoms with van der Waals surface area (Å²) in [4.78, 5) is 49.3. The van der Waals surface area contributed by atoms with Gasteiger partial charge < -0.3 is 18.9 Å². The number of benzene rings is 1. The van der Waals surface area contributed by atoms with Gasteiger partial charge in [-0.2, -0.15) is 0 Å². The number of aryl methyl sites for hydroxylation is 1. The van der Waals surface area contributed by atoms with E-state index < -0.39 is 48.5 Å². The van der Waals surface area contributed by atoms with Gasteiger partial charge in [0.05, 0.1) is 0 Å². The van der Waals surface area contributed by atoms with E-state index >= 15 is 0 Å². The van der Waals surface area contributed by atoms with E-state index in [0.717, 1.165) is 31.2 Å². The molecule has 4 unspecified atom stereocenters. The standard InChI is InChI=1S/C29H38N2O8/c1-17(2)26(32)36-22-10-6-8-12-24(22)38-28(34)30-20-15-14-19(5)21(16-20)31-29(35)39-25-13-9-7-11-23(25)37-27(33)18(3)4/h14-16,22-25H,1,3,6-13H2,2,4-5H3,(H,30,34)(H,31,35). The van der Waals surface area contributed by atoms with Crippen LogP contribution in [0.15, 0.2) is 42.5 Å². The molecule has 3 rings (SSSR count). The van der Waals surface area contributed by atoms with Gasteiger partial charge in [-0.05, 0) is 89.8 Å². The number of carbonyl (C=O) groups is 4. The lowest BCUT2D eigenvalue weighted by Gasteiger charge is -2.31. The molecule has 0 radical (unpaired) electrons. The van der Waals surface area contributed by atoms with E-state index in [4.69, 9.17) is 18.9 Å². The highest BCUT2D eigenvalue weighted by atomic mass is 16.6. The molecule has 10 nitrogen and oxygen atoms in total. The minimum Gasteiger partial charge on any atom is -0.455 e. The van der Waals surface area contributed by atoms with Crippen LogP contribution in [0.5, 0.6) is 0 Å². The molecule has 0 aliphatic heterocycles. The molecule has 1 aromatic rings. The summed E-state index contributed by atoms with van der Waals surface area (Å²) in [7, 11) is 0. The number of nitrogens with one attached hydrogen (secondary N) is 2. The summed E-state index contributed by atoms with van der Waals surface area (Å²) in [5.41, 5.74) is 2.16. The molecule has 4 atom stereocenters. The molecule has 39 heavy (non-hydrogen) atoms. The van der Waals surface area contributed by atoms with E-state index in [2.05, 4.69) is 23.8 Å². The first-order valence-corrected chi connectivity index (χ1v) is 13.3. The smallest absolute Gasteiger partial charge is 0.412 e. The average molecular weight is 543 g/mol. The number of hydrogen-bond acceptors (Lipinski definition) is 8. The fourth-order valence-corrected chi connectivity index (χ4v) is 4.54. The molecule has 2 amide bonds. The van der Waals surface area contributed by atoms with E-state index in [-0.39, 0.29) is 11.1 Å². The zero-order valence-corrected chi connectivity index (χ0v) is 22.9. The van der Waals surface area contributed by atoms with Gasteiger partial charge in [-0.1, -0.05) is 19.2 Å². The SMILES string of the molecule is C=C(C)C(=O)OC1CCCCC1OC(=O)Nc1ccc(C)c(NC(=O)OC2CCCCC2OC(=O)C(=C)C)c1. The largest absolute Gasteiger partial charge is 0.455 e. The molecule has 212 valence electrons. The highest BCUT2D eigenvalue weighted by Crippen LogP contribution is 2.28. The quantitative estimate of drug-likeness (QED) is 0.234. The van der Waals surface area contributed by atoms with Crippen molar-refractivity contribution in [3.05, 3.63) is 48.1 Å². The van der Waals surface area contributed by atoms with E-state index in [1.165, 1.54) is 0 Å². The molecule has 10 heteroatoms. The first-order chi connectivity index (χ1) is 18.5. The molecule has 0 aromatic heterocycles. The third-order valence-electron chi connectivity index (χ3n) is 6.74. The second-order valence-electron chi connectivity index (χ2n) is 10.2. The summed E-state index contributed by atoms with van der Waals surface area (Å²) in [5.74, 6) is -1.02. The van der Waals surface area contributed by atoms with Gasteiger partial charge in [-0.25, -0.2) is 19.2 Å². The van der Waals surface area contributed by atoms with E-state index in [1.54, 1.807) is 39.0 Å². The maximum Gasteiger partial charge on any atom is 0.412 e. The number of rotatable bonds is 8. The number of esters is 2. The summed E-state index contributed by atoms with van der Waals surface area (Å²) in [6.45, 7) is 12.1. The molecule has 0 spiro atoms. The second-order valence-corrected chi connectivity index (χ2v) is 10.2. The minimum atomic E-state index is -0.694. The Balaban J connectivity index is 1.58. The van der Waals surface area contributed by atoms with Crippen LogP contribution in [-0.4, -0.2) is 48.5 Å². The van der Waals surface area contributed by atoms with E-state index in [1.807, 2.05) is 0 Å². The lowest BCUT2D eigenvalue weighted by molar-refractivity contribution is -0.153. The van der Waals surface area contributed by atoms with Gasteiger partial charge in [0, 0.05) is 22.5 Å². The van der Waals surface area contributed by atoms with Crippen molar-refractivity contribution < 1.29 is 38.1 Å². The monoisotopic (exact) mass is 542 g/mol. The third-order valence-corrected chi connectivity index (χ3v) is 6.74. The Morgan fingerprint density at radius 1 is 0.692 bits per heavy atom. The van der Waals surface area contributed by atoms with Crippen molar-refractivity contribution in [1.29, 1.82) is 0 Å². The predicted molar refractivity (Wildman–Crippen MR) is 145 cm³/mol. The minimum absolute atomic E-state index is 0.286. The highest BCUT2D eigenvalue weighted by molar-refractivity contribution is 5.90. The summed E-state index contributed by atoms with van der Waals surface area (Å²) >= 11 is 0. The fraction of sp³-hybridized carbons (Fsp3) is 0.517. The second kappa shape index (κ2) is 13.8. The first-order valence-electron chi connectivity index (χ1n) is 13.3. The molecule has 2 aliphatic rings. The van der Waals surface area contributed by atoms with Gasteiger partial charge in [-0.15, -0.1) is 0 Å². The lowest BCUT2D eigenvalue weighted by atomic mass is 9.94. The summed E-state index contributed by atoms with van der Waals surface area (Å²) in [5, 5.41) is 5.38. The van der Waals surface area contributed by atoms with Crippen LogP contribution < -0.4 is 10.6 Å². The van der Waals surface area contributed by atoms with Crippen molar-refractivity contribution in [2.45, 2.75) is 96.6 Å². The van der Waals surface area contributed by atoms with Crippen molar-refractivity contribution >= 4 is 35.5 Å². The van der Waals surface area contributed by atoms with Crippen molar-refractivity contribution in [1.82, 2.24) is 0 Å². The van der Waals surface area contributed by atoms with Crippen molar-refractivity contribution in [3.63, 3.8) is 0 Å². The summed E-state index contributed by atoms with van der Waals surface area (Å²) in [6, 6.07) is 5.01. The normalized spacial score (nSPS) is 22.5. The van der Waals surface area contributed by atoms with Crippen LogP contribution >= 0.6 is 0 Å². The van der Waals surface area contributed by atoms with Crippen LogP contribution in [0.1, 0.15) is 70.8 Å². The average Bonchev–Trinajstić information content (AvgIpc) is 2.88. The maximum atomic E-state index is 12.7. The van der Waals surface area contributed by atoms with Crippen LogP contribution in [0.25, 0.3) is 0 Å². The van der Waals surface area contributed by atoms with Crippen molar-refractivity contribution in [2.24, 2.45) is 0 Å². The Morgan fingerprint density at radius 3 is 1.54 bits per heavy atom. The van der Waals surface area contributed by atoms with Gasteiger partial charge >= 0.3 is 24.1 Å². The Bertz CT molecular complexity index is 1110. The fourth-order valence-electron chi connectivity index (χ4n) is 4.54. The molecule has 2 fully saturated rings. The van der Waals surface area contributed by atoms with Crippen LogP contribution in [-0.2, 0) is 28.5 Å². The van der Waals surface area contributed by atoms with Crippen molar-refractivity contribution in [2.75, 3.05) is 10.6 Å². The van der Waals surface area contributed by atoms with Gasteiger partial charge in [0.1, 0.15) is 24.4 Å². The Labute approximate surface area is 229 Å². The molecule has 2 saturated carbocycles. The molecular weight excluding hydrogens is 504 g/mol. The van der Waals surface area contributed by atoms with E-state index in [0.29, 0.717) is 37.1 Å². The zero-order valence-electron chi connectivity index (χ0n) is 22.9. The first kappa shape index (κ1) is 29.7. The number of anilines is 2. The summed E-state index contributed by atoms with van der Waals surface area (Å²) < 4.78 is 22.1. The molecule has 2 N–H and O–H groups in total. The molecule has 2 aliphatic carbocycles. The number of amides is 2. The molecule has 0 saturated heterocycles. The predicted octanol–water partition coefficient (Wildman–Crippen LogP) is 5.95. The molecule has 0 heterocycles. The van der Waals surface area contributed by atoms with Gasteiger partial charge in [0.25, 0.3) is 0 Å².